The zero-order valence-electron chi connectivity index (χ0n) is 17.4. The van der Waals surface area contributed by atoms with E-state index >= 15 is 0 Å². The predicted octanol–water partition coefficient (Wildman–Crippen LogP) is 2.26. The molecule has 1 amide bonds. The Morgan fingerprint density at radius 1 is 1.14 bits per heavy atom. The van der Waals surface area contributed by atoms with Crippen molar-refractivity contribution in [1.82, 2.24) is 20.9 Å². The molecular weight excluding hydrogens is 368 g/mol. The molecule has 0 bridgehead atoms. The molecule has 0 saturated carbocycles. The second kappa shape index (κ2) is 10.8. The van der Waals surface area contributed by atoms with Crippen molar-refractivity contribution in [3.05, 3.63) is 35.4 Å². The lowest BCUT2D eigenvalue weighted by Gasteiger charge is -2.26. The summed E-state index contributed by atoms with van der Waals surface area (Å²) >= 11 is 0. The number of alkyl carbamates (subject to hydrolysis) is 1. The maximum atomic E-state index is 14.1. The summed E-state index contributed by atoms with van der Waals surface area (Å²) in [5.41, 5.74) is -0.555. The summed E-state index contributed by atoms with van der Waals surface area (Å²) in [4.78, 5) is 17.4. The van der Waals surface area contributed by atoms with Crippen molar-refractivity contribution in [3.63, 3.8) is 0 Å². The Balaban J connectivity index is 2.55. The third kappa shape index (κ3) is 8.08. The average molecular weight is 399 g/mol. The molecule has 0 aromatic heterocycles. The molecule has 0 saturated heterocycles. The van der Waals surface area contributed by atoms with Crippen LogP contribution in [0.2, 0.25) is 0 Å². The van der Waals surface area contributed by atoms with Crippen LogP contribution >= 0.6 is 0 Å². The number of aliphatic imine (C=N–C) groups is 1. The molecule has 0 heterocycles. The fraction of sp³-hybridized carbons (Fsp3) is 0.579. The van der Waals surface area contributed by atoms with Gasteiger partial charge in [0.2, 0.25) is 0 Å². The molecule has 3 N–H and O–H groups in total. The van der Waals surface area contributed by atoms with Gasteiger partial charge in [0.1, 0.15) is 17.2 Å². The van der Waals surface area contributed by atoms with Gasteiger partial charge >= 0.3 is 6.09 Å². The molecule has 1 unspecified atom stereocenters. The molecule has 9 heteroatoms. The molecule has 1 atom stereocenters. The number of nitrogens with zero attached hydrogens (tertiary/aromatic N) is 2. The van der Waals surface area contributed by atoms with Crippen molar-refractivity contribution in [2.45, 2.75) is 32.4 Å². The number of ether oxygens (including phenoxy) is 1. The average Bonchev–Trinajstić information content (AvgIpc) is 2.57. The number of hydrogen-bond acceptors (Lipinski definition) is 4. The van der Waals surface area contributed by atoms with Crippen LogP contribution in [0.1, 0.15) is 32.4 Å². The summed E-state index contributed by atoms with van der Waals surface area (Å²) in [6.45, 7) is 6.33. The fourth-order valence-electron chi connectivity index (χ4n) is 2.45. The molecule has 1 rings (SSSR count). The molecule has 0 radical (unpaired) electrons. The number of amides is 1. The van der Waals surface area contributed by atoms with Gasteiger partial charge < -0.3 is 25.6 Å². The lowest BCUT2D eigenvalue weighted by atomic mass is 10.0. The number of benzene rings is 1. The van der Waals surface area contributed by atoms with Gasteiger partial charge in [-0.2, -0.15) is 0 Å². The first kappa shape index (κ1) is 23.6. The van der Waals surface area contributed by atoms with Gasteiger partial charge in [-0.1, -0.05) is 6.07 Å². The quantitative estimate of drug-likeness (QED) is 0.372. The van der Waals surface area contributed by atoms with Gasteiger partial charge in [0.05, 0.1) is 6.04 Å². The highest BCUT2D eigenvalue weighted by Crippen LogP contribution is 2.23. The molecule has 1 aromatic carbocycles. The topological polar surface area (TPSA) is 78.0 Å². The fourth-order valence-corrected chi connectivity index (χ4v) is 2.45. The van der Waals surface area contributed by atoms with E-state index in [2.05, 4.69) is 20.9 Å². The Hall–Kier alpha value is -2.42. The smallest absolute Gasteiger partial charge is 0.407 e. The first-order valence-electron chi connectivity index (χ1n) is 9.07. The number of carbonyl (C=O) groups excluding carboxylic acids is 1. The van der Waals surface area contributed by atoms with E-state index in [0.717, 1.165) is 0 Å². The minimum Gasteiger partial charge on any atom is -0.444 e. The number of likely N-dealkylation sites (N-methyl/N-ethyl adjacent to an activating group) is 1. The van der Waals surface area contributed by atoms with E-state index in [4.69, 9.17) is 4.74 Å². The molecular formula is C19H31F2N5O2. The van der Waals surface area contributed by atoms with Crippen LogP contribution in [0.25, 0.3) is 0 Å². The summed E-state index contributed by atoms with van der Waals surface area (Å²) < 4.78 is 33.4. The highest BCUT2D eigenvalue weighted by Gasteiger charge is 2.22. The zero-order valence-corrected chi connectivity index (χ0v) is 17.4. The summed E-state index contributed by atoms with van der Waals surface area (Å²) in [5.74, 6) is -0.732. The van der Waals surface area contributed by atoms with Crippen LogP contribution < -0.4 is 16.0 Å². The van der Waals surface area contributed by atoms with Crippen molar-refractivity contribution in [1.29, 1.82) is 0 Å². The number of nitrogens with one attached hydrogen (secondary N) is 3. The highest BCUT2D eigenvalue weighted by molar-refractivity contribution is 5.79. The SMILES string of the molecule is CN=C(NCCNC(=O)OC(C)(C)C)NCC(c1c(F)cccc1F)N(C)C. The van der Waals surface area contributed by atoms with Gasteiger partial charge in [-0.15, -0.1) is 0 Å². The van der Waals surface area contributed by atoms with Crippen LogP contribution in [0, 0.1) is 11.6 Å². The number of guanidine groups is 1. The third-order valence-corrected chi connectivity index (χ3v) is 3.73. The Kier molecular flexibility index (Phi) is 9.11. The summed E-state index contributed by atoms with van der Waals surface area (Å²) in [6.07, 6.45) is -0.500. The number of halogens is 2. The number of hydrogen-bond donors (Lipinski definition) is 3. The second-order valence-electron chi connectivity index (χ2n) is 7.42. The molecule has 7 nitrogen and oxygen atoms in total. The van der Waals surface area contributed by atoms with Gasteiger partial charge in [-0.25, -0.2) is 13.6 Å². The molecule has 1 aromatic rings. The standard InChI is InChI=1S/C19H31F2N5O2/c1-19(2,3)28-18(27)24-11-10-23-17(22-4)25-12-15(26(5)6)16-13(20)8-7-9-14(16)21/h7-9,15H,10-12H2,1-6H3,(H,24,27)(H2,22,23,25). The first-order chi connectivity index (χ1) is 13.0. The maximum absolute atomic E-state index is 14.1. The van der Waals surface area contributed by atoms with Gasteiger partial charge in [0.25, 0.3) is 0 Å². The molecule has 28 heavy (non-hydrogen) atoms. The third-order valence-electron chi connectivity index (χ3n) is 3.73. The minimum atomic E-state index is -0.593. The van der Waals surface area contributed by atoms with E-state index in [0.29, 0.717) is 19.0 Å². The van der Waals surface area contributed by atoms with Gasteiger partial charge in [0.15, 0.2) is 5.96 Å². The van der Waals surface area contributed by atoms with Crippen molar-refractivity contribution in [3.8, 4) is 0 Å². The van der Waals surface area contributed by atoms with Crippen LogP contribution in [0.3, 0.4) is 0 Å². The van der Waals surface area contributed by atoms with E-state index in [1.807, 2.05) is 0 Å². The van der Waals surface area contributed by atoms with Crippen LogP contribution in [0.4, 0.5) is 13.6 Å². The van der Waals surface area contributed by atoms with Gasteiger partial charge in [-0.3, -0.25) is 4.99 Å². The monoisotopic (exact) mass is 399 g/mol. The second-order valence-corrected chi connectivity index (χ2v) is 7.42. The summed E-state index contributed by atoms with van der Waals surface area (Å²) in [7, 11) is 5.09. The largest absolute Gasteiger partial charge is 0.444 e. The maximum Gasteiger partial charge on any atom is 0.407 e. The van der Waals surface area contributed by atoms with Crippen LogP contribution in [0.15, 0.2) is 23.2 Å². The molecule has 0 spiro atoms. The Labute approximate surface area is 165 Å². The lowest BCUT2D eigenvalue weighted by molar-refractivity contribution is 0.0529. The van der Waals surface area contributed by atoms with Crippen molar-refractivity contribution < 1.29 is 18.3 Å². The van der Waals surface area contributed by atoms with E-state index in [9.17, 15) is 13.6 Å². The minimum absolute atomic E-state index is 0.00189. The highest BCUT2D eigenvalue weighted by atomic mass is 19.1. The van der Waals surface area contributed by atoms with Crippen molar-refractivity contribution in [2.75, 3.05) is 40.8 Å². The Bertz CT molecular complexity index is 655. The first-order valence-corrected chi connectivity index (χ1v) is 9.07. The molecule has 0 aliphatic carbocycles. The van der Waals surface area contributed by atoms with Crippen molar-refractivity contribution >= 4 is 12.1 Å². The van der Waals surface area contributed by atoms with E-state index in [-0.39, 0.29) is 12.1 Å². The number of carbonyl (C=O) groups is 1. The summed E-state index contributed by atoms with van der Waals surface area (Å²) in [6, 6.07) is 3.29. The van der Waals surface area contributed by atoms with E-state index < -0.39 is 29.4 Å². The Morgan fingerprint density at radius 3 is 2.21 bits per heavy atom. The van der Waals surface area contributed by atoms with Gasteiger partial charge in [-0.05, 0) is 47.0 Å². The van der Waals surface area contributed by atoms with Crippen LogP contribution in [0.5, 0.6) is 0 Å². The lowest BCUT2D eigenvalue weighted by Crippen LogP contribution is -2.45. The molecule has 158 valence electrons. The van der Waals surface area contributed by atoms with Crippen LogP contribution in [-0.4, -0.2) is 63.3 Å². The molecule has 0 fully saturated rings. The van der Waals surface area contributed by atoms with Gasteiger partial charge in [0, 0.05) is 32.2 Å². The molecule has 0 aliphatic rings. The Morgan fingerprint density at radius 2 is 1.71 bits per heavy atom. The predicted molar refractivity (Wildman–Crippen MR) is 106 cm³/mol. The van der Waals surface area contributed by atoms with E-state index in [1.165, 1.54) is 18.2 Å². The summed E-state index contributed by atoms with van der Waals surface area (Å²) in [5, 5.41) is 8.70. The number of rotatable bonds is 7. The van der Waals surface area contributed by atoms with E-state index in [1.54, 1.807) is 46.8 Å². The van der Waals surface area contributed by atoms with Crippen LogP contribution in [-0.2, 0) is 4.74 Å². The van der Waals surface area contributed by atoms with Crippen molar-refractivity contribution in [2.24, 2.45) is 4.99 Å². The normalized spacial score (nSPS) is 13.2. The molecule has 0 aliphatic heterocycles. The zero-order chi connectivity index (χ0) is 21.3.